The van der Waals surface area contributed by atoms with E-state index in [1.807, 2.05) is 0 Å². The van der Waals surface area contributed by atoms with Gasteiger partial charge in [-0.3, -0.25) is 4.79 Å². The molecule has 0 radical (unpaired) electrons. The van der Waals surface area contributed by atoms with Crippen molar-refractivity contribution < 1.29 is 14.3 Å². The molecule has 3 rings (SSSR count). The number of nitrogens with zero attached hydrogens (tertiary/aromatic N) is 4. The van der Waals surface area contributed by atoms with Gasteiger partial charge in [0.05, 0.1) is 29.5 Å². The highest BCUT2D eigenvalue weighted by Crippen LogP contribution is 2.29. The Kier molecular flexibility index (Phi) is 4.73. The molecule has 9 heteroatoms. The van der Waals surface area contributed by atoms with Gasteiger partial charge in [-0.1, -0.05) is 11.6 Å². The van der Waals surface area contributed by atoms with Crippen LogP contribution in [0.25, 0.3) is 5.69 Å². The van der Waals surface area contributed by atoms with Crippen LogP contribution < -0.4 is 10.1 Å². The number of carbonyl (C=O) groups excluding carboxylic acids is 1. The molecule has 0 unspecified atom stereocenters. The molecule has 8 nitrogen and oxygen atoms in total. The molecule has 0 aliphatic carbocycles. The van der Waals surface area contributed by atoms with Crippen LogP contribution >= 0.6 is 11.6 Å². The smallest absolute Gasteiger partial charge is 0.255 e. The van der Waals surface area contributed by atoms with Crippen LogP contribution in [0.1, 0.15) is 23.2 Å². The van der Waals surface area contributed by atoms with E-state index in [4.69, 9.17) is 21.1 Å². The van der Waals surface area contributed by atoms with Crippen molar-refractivity contribution >= 4 is 17.5 Å². The van der Waals surface area contributed by atoms with Gasteiger partial charge >= 0.3 is 0 Å². The minimum Gasteiger partial charge on any atom is -0.496 e. The first kappa shape index (κ1) is 15.7. The molecule has 1 saturated heterocycles. The molecular weight excluding hydrogens is 322 g/mol. The summed E-state index contributed by atoms with van der Waals surface area (Å²) in [4.78, 5) is 12.4. The minimum absolute atomic E-state index is 0.0703. The number of rotatable bonds is 5. The Bertz CT molecular complexity index is 686. The molecule has 1 atom stereocenters. The van der Waals surface area contributed by atoms with Gasteiger partial charge in [-0.2, -0.15) is 4.68 Å². The van der Waals surface area contributed by atoms with Crippen LogP contribution in [0.15, 0.2) is 18.5 Å². The number of hydrogen-bond acceptors (Lipinski definition) is 6. The van der Waals surface area contributed by atoms with Crippen molar-refractivity contribution in [3.05, 3.63) is 29.0 Å². The zero-order valence-electron chi connectivity index (χ0n) is 12.5. The van der Waals surface area contributed by atoms with E-state index >= 15 is 0 Å². The highest BCUT2D eigenvalue weighted by molar-refractivity contribution is 6.33. The van der Waals surface area contributed by atoms with Gasteiger partial charge < -0.3 is 14.8 Å². The summed E-state index contributed by atoms with van der Waals surface area (Å²) in [6, 6.07) is 3.17. The molecule has 1 N–H and O–H groups in total. The van der Waals surface area contributed by atoms with E-state index in [-0.39, 0.29) is 12.0 Å². The Morgan fingerprint density at radius 1 is 1.57 bits per heavy atom. The van der Waals surface area contributed by atoms with E-state index < -0.39 is 0 Å². The molecule has 0 spiro atoms. The molecule has 1 fully saturated rings. The quantitative estimate of drug-likeness (QED) is 0.882. The predicted molar refractivity (Wildman–Crippen MR) is 82.0 cm³/mol. The zero-order chi connectivity index (χ0) is 16.2. The second-order valence-corrected chi connectivity index (χ2v) is 5.51. The van der Waals surface area contributed by atoms with Crippen LogP contribution in [0.5, 0.6) is 5.75 Å². The van der Waals surface area contributed by atoms with Crippen molar-refractivity contribution in [1.29, 1.82) is 0 Å². The van der Waals surface area contributed by atoms with Gasteiger partial charge in [0.25, 0.3) is 5.91 Å². The van der Waals surface area contributed by atoms with Crippen LogP contribution in [0.4, 0.5) is 0 Å². The van der Waals surface area contributed by atoms with Crippen LogP contribution in [0.3, 0.4) is 0 Å². The number of methoxy groups -OCH3 is 1. The van der Waals surface area contributed by atoms with Gasteiger partial charge in [-0.25, -0.2) is 0 Å². The summed E-state index contributed by atoms with van der Waals surface area (Å²) >= 11 is 6.24. The van der Waals surface area contributed by atoms with E-state index in [1.54, 1.807) is 12.1 Å². The van der Waals surface area contributed by atoms with Crippen molar-refractivity contribution in [1.82, 2.24) is 25.5 Å². The largest absolute Gasteiger partial charge is 0.496 e. The summed E-state index contributed by atoms with van der Waals surface area (Å²) in [5.41, 5.74) is 0.886. The third-order valence-electron chi connectivity index (χ3n) is 3.62. The van der Waals surface area contributed by atoms with Crippen molar-refractivity contribution in [2.24, 2.45) is 0 Å². The monoisotopic (exact) mass is 337 g/mol. The molecule has 2 aromatic rings. The van der Waals surface area contributed by atoms with E-state index in [9.17, 15) is 4.79 Å². The Balaban J connectivity index is 1.80. The lowest BCUT2D eigenvalue weighted by Gasteiger charge is -2.14. The van der Waals surface area contributed by atoms with Crippen molar-refractivity contribution in [2.75, 3.05) is 20.3 Å². The van der Waals surface area contributed by atoms with Crippen LogP contribution in [-0.4, -0.2) is 52.5 Å². The third kappa shape index (κ3) is 3.43. The minimum atomic E-state index is -0.262. The maximum atomic E-state index is 12.4. The van der Waals surface area contributed by atoms with E-state index in [0.29, 0.717) is 28.6 Å². The topological polar surface area (TPSA) is 91.2 Å². The fourth-order valence-electron chi connectivity index (χ4n) is 2.44. The average Bonchev–Trinajstić information content (AvgIpc) is 3.25. The van der Waals surface area contributed by atoms with Gasteiger partial charge in [0.2, 0.25) is 0 Å². The number of nitrogens with one attached hydrogen (secondary N) is 1. The molecule has 1 aromatic carbocycles. The number of tetrazole rings is 1. The lowest BCUT2D eigenvalue weighted by atomic mass is 10.1. The van der Waals surface area contributed by atoms with Gasteiger partial charge in [0.15, 0.2) is 0 Å². The number of ether oxygens (including phenoxy) is 2. The molecule has 0 saturated carbocycles. The number of amides is 1. The zero-order valence-corrected chi connectivity index (χ0v) is 13.3. The van der Waals surface area contributed by atoms with Gasteiger partial charge in [-0.15, -0.1) is 5.10 Å². The van der Waals surface area contributed by atoms with Crippen LogP contribution in [0, 0.1) is 0 Å². The van der Waals surface area contributed by atoms with E-state index in [0.717, 1.165) is 19.4 Å². The molecule has 122 valence electrons. The third-order valence-corrected chi connectivity index (χ3v) is 3.93. The van der Waals surface area contributed by atoms with Crippen molar-refractivity contribution in [2.45, 2.75) is 18.9 Å². The number of aromatic nitrogens is 4. The lowest BCUT2D eigenvalue weighted by Crippen LogP contribution is -2.32. The normalized spacial score (nSPS) is 17.2. The van der Waals surface area contributed by atoms with Crippen molar-refractivity contribution in [3.8, 4) is 11.4 Å². The molecule has 1 aliphatic heterocycles. The summed E-state index contributed by atoms with van der Waals surface area (Å²) in [6.07, 6.45) is 3.46. The van der Waals surface area contributed by atoms with Crippen LogP contribution in [-0.2, 0) is 4.74 Å². The second kappa shape index (κ2) is 6.93. The summed E-state index contributed by atoms with van der Waals surface area (Å²) < 4.78 is 12.2. The Morgan fingerprint density at radius 2 is 2.43 bits per heavy atom. The summed E-state index contributed by atoms with van der Waals surface area (Å²) in [5, 5.41) is 14.1. The molecule has 1 aromatic heterocycles. The highest BCUT2D eigenvalue weighted by Gasteiger charge is 2.20. The molecule has 2 heterocycles. The predicted octanol–water partition coefficient (Wildman–Crippen LogP) is 1.23. The summed E-state index contributed by atoms with van der Waals surface area (Å²) in [7, 11) is 1.49. The first-order valence-corrected chi connectivity index (χ1v) is 7.57. The molecular formula is C14H16ClN5O3. The maximum absolute atomic E-state index is 12.4. The molecule has 23 heavy (non-hydrogen) atoms. The van der Waals surface area contributed by atoms with Crippen molar-refractivity contribution in [3.63, 3.8) is 0 Å². The Morgan fingerprint density at radius 3 is 3.09 bits per heavy atom. The number of hydrogen-bond donors (Lipinski definition) is 1. The van der Waals surface area contributed by atoms with Gasteiger partial charge in [0, 0.05) is 19.2 Å². The fourth-order valence-corrected chi connectivity index (χ4v) is 2.69. The summed E-state index contributed by atoms with van der Waals surface area (Å²) in [5.74, 6) is 0.132. The number of halogens is 1. The van der Waals surface area contributed by atoms with Gasteiger partial charge in [0.1, 0.15) is 12.1 Å². The lowest BCUT2D eigenvalue weighted by molar-refractivity contribution is 0.0855. The van der Waals surface area contributed by atoms with E-state index in [2.05, 4.69) is 20.8 Å². The number of benzene rings is 1. The second-order valence-electron chi connectivity index (χ2n) is 5.10. The average molecular weight is 338 g/mol. The Labute approximate surface area is 137 Å². The molecule has 1 amide bonds. The van der Waals surface area contributed by atoms with Gasteiger partial charge in [-0.05, 0) is 29.3 Å². The first-order valence-electron chi connectivity index (χ1n) is 7.19. The molecule has 0 bridgehead atoms. The van der Waals surface area contributed by atoms with Crippen LogP contribution in [0.2, 0.25) is 5.02 Å². The van der Waals surface area contributed by atoms with E-state index in [1.165, 1.54) is 18.1 Å². The molecule has 1 aliphatic rings. The standard InChI is InChI=1S/C14H16ClN5O3/c1-22-13-6-12(20-8-17-18-19-20)11(15)5-10(13)14(21)16-7-9-3-2-4-23-9/h5-6,8-9H,2-4,7H2,1H3,(H,16,21)/t9-/m0/s1. The summed E-state index contributed by atoms with van der Waals surface area (Å²) in [6.45, 7) is 1.21. The Hall–Kier alpha value is -2.19. The maximum Gasteiger partial charge on any atom is 0.255 e. The highest BCUT2D eigenvalue weighted by atomic mass is 35.5. The first-order chi connectivity index (χ1) is 11.2. The SMILES string of the molecule is COc1cc(-n2cnnn2)c(Cl)cc1C(=O)NC[C@@H]1CCCO1. The number of carbonyl (C=O) groups is 1. The fraction of sp³-hybridized carbons (Fsp3) is 0.429.